The molecule has 1 aliphatic carbocycles. The number of aliphatic hydroxyl groups is 1. The van der Waals surface area contributed by atoms with E-state index in [1.807, 2.05) is 17.2 Å². The van der Waals surface area contributed by atoms with Crippen LogP contribution in [0.3, 0.4) is 0 Å². The van der Waals surface area contributed by atoms with E-state index in [4.69, 9.17) is 0 Å². The highest BCUT2D eigenvalue weighted by atomic mass is 32.1. The van der Waals surface area contributed by atoms with Gasteiger partial charge in [-0.25, -0.2) is 0 Å². The molecule has 0 radical (unpaired) electrons. The number of aliphatic hydroxyl groups excluding tert-OH is 1. The molecule has 104 valence electrons. The summed E-state index contributed by atoms with van der Waals surface area (Å²) in [6.45, 7) is 1.93. The molecule has 1 aliphatic heterocycles. The molecule has 1 aromatic heterocycles. The van der Waals surface area contributed by atoms with Gasteiger partial charge in [-0.1, -0.05) is 0 Å². The van der Waals surface area contributed by atoms with Gasteiger partial charge in [-0.3, -0.25) is 10.1 Å². The summed E-state index contributed by atoms with van der Waals surface area (Å²) in [6.07, 6.45) is 3.25. The van der Waals surface area contributed by atoms with E-state index in [9.17, 15) is 9.90 Å². The molecule has 2 fully saturated rings. The van der Waals surface area contributed by atoms with Crippen molar-refractivity contribution in [1.29, 1.82) is 0 Å². The molecule has 2 atom stereocenters. The van der Waals surface area contributed by atoms with Crippen molar-refractivity contribution in [2.75, 3.05) is 0 Å². The molecular weight excluding hydrogens is 260 g/mol. The Labute approximate surface area is 117 Å². The van der Waals surface area contributed by atoms with Gasteiger partial charge in [-0.05, 0) is 55.0 Å². The number of carbonyl (C=O) groups excluding carboxylic acids is 1. The van der Waals surface area contributed by atoms with E-state index < -0.39 is 0 Å². The molecule has 2 aliphatic rings. The normalized spacial score (nSPS) is 35.9. The predicted octanol–water partition coefficient (Wildman–Crippen LogP) is 1.87. The molecule has 2 heterocycles. The van der Waals surface area contributed by atoms with Crippen LogP contribution in [-0.2, 0) is 4.79 Å². The Hall–Kier alpha value is -0.910. The number of nitrogens with one attached hydrogen (secondary N) is 1. The number of nitrogens with zero attached hydrogens (tertiary/aromatic N) is 1. The van der Waals surface area contributed by atoms with Crippen molar-refractivity contribution in [2.45, 2.75) is 57.0 Å². The van der Waals surface area contributed by atoms with Gasteiger partial charge in [0.1, 0.15) is 6.17 Å². The fourth-order valence-electron chi connectivity index (χ4n) is 3.15. The van der Waals surface area contributed by atoms with Crippen LogP contribution in [0.4, 0.5) is 0 Å². The Morgan fingerprint density at radius 2 is 2.11 bits per heavy atom. The SMILES string of the molecule is CC1NC(c2ccsc2)N(C2CCC(O)CC2)C1=O. The summed E-state index contributed by atoms with van der Waals surface area (Å²) in [5.41, 5.74) is 1.17. The lowest BCUT2D eigenvalue weighted by molar-refractivity contribution is -0.133. The summed E-state index contributed by atoms with van der Waals surface area (Å²) in [6, 6.07) is 2.23. The maximum Gasteiger partial charge on any atom is 0.241 e. The maximum atomic E-state index is 12.4. The van der Waals surface area contributed by atoms with Crippen LogP contribution >= 0.6 is 11.3 Å². The quantitative estimate of drug-likeness (QED) is 0.869. The molecule has 2 N–H and O–H groups in total. The van der Waals surface area contributed by atoms with Gasteiger partial charge in [0.05, 0.1) is 12.1 Å². The van der Waals surface area contributed by atoms with E-state index in [2.05, 4.69) is 16.8 Å². The third-order valence-electron chi connectivity index (χ3n) is 4.23. The fourth-order valence-corrected chi connectivity index (χ4v) is 3.83. The summed E-state index contributed by atoms with van der Waals surface area (Å²) in [7, 11) is 0. The third kappa shape index (κ3) is 2.42. The first kappa shape index (κ1) is 13.1. The average molecular weight is 280 g/mol. The van der Waals surface area contributed by atoms with Crippen LogP contribution in [0.1, 0.15) is 44.3 Å². The van der Waals surface area contributed by atoms with Gasteiger partial charge in [0.15, 0.2) is 0 Å². The van der Waals surface area contributed by atoms with Crippen LogP contribution < -0.4 is 5.32 Å². The highest BCUT2D eigenvalue weighted by Gasteiger charge is 2.42. The average Bonchev–Trinajstić information content (AvgIpc) is 3.01. The Balaban J connectivity index is 1.81. The second-order valence-electron chi connectivity index (χ2n) is 5.56. The monoisotopic (exact) mass is 280 g/mol. The Morgan fingerprint density at radius 1 is 1.37 bits per heavy atom. The van der Waals surface area contributed by atoms with Gasteiger partial charge >= 0.3 is 0 Å². The minimum Gasteiger partial charge on any atom is -0.393 e. The summed E-state index contributed by atoms with van der Waals surface area (Å²) in [5, 5.41) is 17.2. The van der Waals surface area contributed by atoms with Gasteiger partial charge in [-0.2, -0.15) is 11.3 Å². The smallest absolute Gasteiger partial charge is 0.241 e. The molecule has 5 heteroatoms. The van der Waals surface area contributed by atoms with E-state index in [1.54, 1.807) is 11.3 Å². The maximum absolute atomic E-state index is 12.4. The van der Waals surface area contributed by atoms with E-state index in [0.29, 0.717) is 0 Å². The molecule has 0 aromatic carbocycles. The predicted molar refractivity (Wildman–Crippen MR) is 74.8 cm³/mol. The van der Waals surface area contributed by atoms with Gasteiger partial charge in [0.2, 0.25) is 5.91 Å². The van der Waals surface area contributed by atoms with E-state index in [0.717, 1.165) is 25.7 Å². The van der Waals surface area contributed by atoms with Gasteiger partial charge in [0.25, 0.3) is 0 Å². The molecule has 19 heavy (non-hydrogen) atoms. The van der Waals surface area contributed by atoms with Crippen LogP contribution in [0.15, 0.2) is 16.8 Å². The lowest BCUT2D eigenvalue weighted by Crippen LogP contribution is -2.42. The van der Waals surface area contributed by atoms with Crippen molar-refractivity contribution in [3.05, 3.63) is 22.4 Å². The van der Waals surface area contributed by atoms with Crippen molar-refractivity contribution in [3.63, 3.8) is 0 Å². The van der Waals surface area contributed by atoms with Crippen LogP contribution in [0.2, 0.25) is 0 Å². The molecule has 1 saturated carbocycles. The molecule has 3 rings (SSSR count). The zero-order chi connectivity index (χ0) is 13.4. The first-order valence-electron chi connectivity index (χ1n) is 6.95. The molecule has 0 bridgehead atoms. The zero-order valence-corrected chi connectivity index (χ0v) is 11.9. The van der Waals surface area contributed by atoms with Crippen LogP contribution in [-0.4, -0.2) is 34.1 Å². The lowest BCUT2D eigenvalue weighted by Gasteiger charge is -2.36. The number of rotatable bonds is 2. The number of amides is 1. The Bertz CT molecular complexity index is 440. The van der Waals surface area contributed by atoms with Crippen LogP contribution in [0, 0.1) is 0 Å². The zero-order valence-electron chi connectivity index (χ0n) is 11.1. The standard InChI is InChI=1S/C14H20N2O2S/c1-9-14(18)16(11-2-4-12(17)5-3-11)13(15-9)10-6-7-19-8-10/h6-9,11-13,15,17H,2-5H2,1H3. The van der Waals surface area contributed by atoms with E-state index >= 15 is 0 Å². The lowest BCUT2D eigenvalue weighted by atomic mass is 9.91. The van der Waals surface area contributed by atoms with Crippen LogP contribution in [0.25, 0.3) is 0 Å². The highest BCUT2D eigenvalue weighted by Crippen LogP contribution is 2.34. The number of hydrogen-bond acceptors (Lipinski definition) is 4. The minimum absolute atomic E-state index is 0.00833. The molecule has 0 spiro atoms. The molecule has 1 aromatic rings. The first-order valence-corrected chi connectivity index (χ1v) is 7.89. The molecular formula is C14H20N2O2S. The summed E-state index contributed by atoms with van der Waals surface area (Å²) in [5.74, 6) is 0.192. The van der Waals surface area contributed by atoms with Gasteiger partial charge in [0, 0.05) is 6.04 Å². The van der Waals surface area contributed by atoms with Crippen LogP contribution in [0.5, 0.6) is 0 Å². The molecule has 2 unspecified atom stereocenters. The van der Waals surface area contributed by atoms with Crippen molar-refractivity contribution < 1.29 is 9.90 Å². The Kier molecular flexibility index (Phi) is 3.60. The van der Waals surface area contributed by atoms with E-state index in [1.165, 1.54) is 5.56 Å². The first-order chi connectivity index (χ1) is 9.16. The topological polar surface area (TPSA) is 52.6 Å². The second-order valence-corrected chi connectivity index (χ2v) is 6.34. The fraction of sp³-hybridized carbons (Fsp3) is 0.643. The summed E-state index contributed by atoms with van der Waals surface area (Å²) in [4.78, 5) is 14.4. The Morgan fingerprint density at radius 3 is 2.74 bits per heavy atom. The minimum atomic E-state index is -0.182. The van der Waals surface area contributed by atoms with Crippen molar-refractivity contribution >= 4 is 17.2 Å². The number of thiophene rings is 1. The molecule has 1 saturated heterocycles. The van der Waals surface area contributed by atoms with Gasteiger partial charge in [-0.15, -0.1) is 0 Å². The summed E-state index contributed by atoms with van der Waals surface area (Å²) < 4.78 is 0. The highest BCUT2D eigenvalue weighted by molar-refractivity contribution is 7.07. The van der Waals surface area contributed by atoms with Gasteiger partial charge < -0.3 is 10.0 Å². The molecule has 4 nitrogen and oxygen atoms in total. The largest absolute Gasteiger partial charge is 0.393 e. The van der Waals surface area contributed by atoms with E-state index in [-0.39, 0.29) is 30.3 Å². The second kappa shape index (κ2) is 5.23. The third-order valence-corrected chi connectivity index (χ3v) is 4.93. The van der Waals surface area contributed by atoms with Crippen molar-refractivity contribution in [2.24, 2.45) is 0 Å². The number of carbonyl (C=O) groups is 1. The molecule has 1 amide bonds. The summed E-state index contributed by atoms with van der Waals surface area (Å²) >= 11 is 1.66. The number of hydrogen-bond donors (Lipinski definition) is 2. The van der Waals surface area contributed by atoms with Crippen molar-refractivity contribution in [3.8, 4) is 0 Å². The van der Waals surface area contributed by atoms with Crippen molar-refractivity contribution in [1.82, 2.24) is 10.2 Å².